The first-order valence-electron chi connectivity index (χ1n) is 7.51. The van der Waals surface area contributed by atoms with Crippen LogP contribution >= 0.6 is 15.9 Å². The predicted molar refractivity (Wildman–Crippen MR) is 88.0 cm³/mol. The van der Waals surface area contributed by atoms with Crippen molar-refractivity contribution in [3.05, 3.63) is 29.6 Å². The summed E-state index contributed by atoms with van der Waals surface area (Å²) in [7, 11) is 0. The van der Waals surface area contributed by atoms with E-state index in [4.69, 9.17) is 0 Å². The average molecular weight is 342 g/mol. The summed E-state index contributed by atoms with van der Waals surface area (Å²) in [5.41, 5.74) is 2.63. The Balaban J connectivity index is 2.15. The zero-order chi connectivity index (χ0) is 14.8. The van der Waals surface area contributed by atoms with Gasteiger partial charge in [0.15, 0.2) is 0 Å². The lowest BCUT2D eigenvalue weighted by atomic mass is 9.77. The zero-order valence-electron chi connectivity index (χ0n) is 12.8. The van der Waals surface area contributed by atoms with Crippen LogP contribution in [0.5, 0.6) is 0 Å². The molecule has 20 heavy (non-hydrogen) atoms. The molecule has 1 aromatic carbocycles. The molecule has 1 saturated heterocycles. The summed E-state index contributed by atoms with van der Waals surface area (Å²) >= 11 is 3.48. The van der Waals surface area contributed by atoms with Crippen LogP contribution in [0, 0.1) is 17.2 Å². The minimum atomic E-state index is -0.148. The first-order valence-corrected chi connectivity index (χ1v) is 8.63. The van der Waals surface area contributed by atoms with Crippen molar-refractivity contribution >= 4 is 21.6 Å². The van der Waals surface area contributed by atoms with Gasteiger partial charge in [-0.15, -0.1) is 0 Å². The lowest BCUT2D eigenvalue weighted by molar-refractivity contribution is 0.220. The van der Waals surface area contributed by atoms with Crippen LogP contribution in [0.3, 0.4) is 0 Å². The monoisotopic (exact) mass is 341 g/mol. The van der Waals surface area contributed by atoms with Gasteiger partial charge >= 0.3 is 0 Å². The zero-order valence-corrected chi connectivity index (χ0v) is 14.3. The second-order valence-corrected chi connectivity index (χ2v) is 7.45. The van der Waals surface area contributed by atoms with Crippen molar-refractivity contribution in [1.29, 1.82) is 0 Å². The second kappa shape index (κ2) is 6.46. The van der Waals surface area contributed by atoms with Crippen LogP contribution in [-0.4, -0.2) is 13.1 Å². The summed E-state index contributed by atoms with van der Waals surface area (Å²) in [5.74, 6) is 0.631. The van der Waals surface area contributed by atoms with Crippen LogP contribution in [0.15, 0.2) is 18.2 Å². The molecule has 1 fully saturated rings. The van der Waals surface area contributed by atoms with E-state index in [1.807, 2.05) is 6.07 Å². The molecule has 1 nitrogen and oxygen atoms in total. The third-order valence-corrected chi connectivity index (χ3v) is 5.08. The largest absolute Gasteiger partial charge is 0.371 e. The van der Waals surface area contributed by atoms with Crippen molar-refractivity contribution in [1.82, 2.24) is 0 Å². The Morgan fingerprint density at radius 2 is 2.00 bits per heavy atom. The van der Waals surface area contributed by atoms with E-state index in [-0.39, 0.29) is 5.82 Å². The molecule has 0 bridgehead atoms. The average Bonchev–Trinajstić information content (AvgIpc) is 2.63. The first-order chi connectivity index (χ1) is 9.41. The molecule has 1 aromatic rings. The van der Waals surface area contributed by atoms with Gasteiger partial charge in [-0.2, -0.15) is 0 Å². The van der Waals surface area contributed by atoms with Crippen LogP contribution in [0.4, 0.5) is 10.1 Å². The maximum atomic E-state index is 13.4. The lowest BCUT2D eigenvalue weighted by Crippen LogP contribution is -2.26. The standard InChI is InChI=1S/C17H25BrFN/c1-17(2,3)14-5-4-9-20(10-8-14)16-7-6-15(19)11-13(16)12-18/h6-7,11,14H,4-5,8-10,12H2,1-3H3. The summed E-state index contributed by atoms with van der Waals surface area (Å²) in [6, 6.07) is 5.16. The van der Waals surface area contributed by atoms with Gasteiger partial charge in [0, 0.05) is 24.1 Å². The normalized spacial score (nSPS) is 20.9. The van der Waals surface area contributed by atoms with E-state index < -0.39 is 0 Å². The molecule has 1 aliphatic rings. The van der Waals surface area contributed by atoms with Crippen LogP contribution in [0.1, 0.15) is 45.6 Å². The minimum absolute atomic E-state index is 0.148. The molecule has 0 N–H and O–H groups in total. The van der Waals surface area contributed by atoms with Crippen molar-refractivity contribution in [2.24, 2.45) is 11.3 Å². The number of nitrogens with zero attached hydrogens (tertiary/aromatic N) is 1. The lowest BCUT2D eigenvalue weighted by Gasteiger charge is -2.30. The number of rotatable bonds is 2. The van der Waals surface area contributed by atoms with E-state index in [1.165, 1.54) is 24.9 Å². The Hall–Kier alpha value is -0.570. The first kappa shape index (κ1) is 15.8. The second-order valence-electron chi connectivity index (χ2n) is 6.89. The van der Waals surface area contributed by atoms with Crippen LogP contribution in [0.2, 0.25) is 0 Å². The minimum Gasteiger partial charge on any atom is -0.371 e. The van der Waals surface area contributed by atoms with E-state index in [9.17, 15) is 4.39 Å². The van der Waals surface area contributed by atoms with E-state index in [0.717, 1.165) is 24.6 Å². The van der Waals surface area contributed by atoms with E-state index >= 15 is 0 Å². The van der Waals surface area contributed by atoms with Gasteiger partial charge < -0.3 is 4.90 Å². The fourth-order valence-corrected chi connectivity index (χ4v) is 3.62. The molecule has 0 spiro atoms. The number of hydrogen-bond donors (Lipinski definition) is 0. The van der Waals surface area contributed by atoms with Gasteiger partial charge in [0.05, 0.1) is 0 Å². The molecule has 3 heteroatoms. The highest BCUT2D eigenvalue weighted by molar-refractivity contribution is 9.08. The van der Waals surface area contributed by atoms with Crippen molar-refractivity contribution in [2.75, 3.05) is 18.0 Å². The highest BCUT2D eigenvalue weighted by Crippen LogP contribution is 2.36. The molecule has 112 valence electrons. The summed E-state index contributed by atoms with van der Waals surface area (Å²) < 4.78 is 13.4. The van der Waals surface area contributed by atoms with E-state index in [0.29, 0.717) is 10.7 Å². The maximum Gasteiger partial charge on any atom is 0.123 e. The molecule has 0 amide bonds. The van der Waals surface area contributed by atoms with Gasteiger partial charge in [-0.05, 0) is 54.4 Å². The summed E-state index contributed by atoms with van der Waals surface area (Å²) in [5, 5.41) is 0.708. The van der Waals surface area contributed by atoms with Crippen LogP contribution in [0.25, 0.3) is 0 Å². The molecule has 1 atom stereocenters. The van der Waals surface area contributed by atoms with Gasteiger partial charge in [-0.1, -0.05) is 36.7 Å². The van der Waals surface area contributed by atoms with Crippen molar-refractivity contribution in [2.45, 2.75) is 45.4 Å². The molecular formula is C17H25BrFN. The Morgan fingerprint density at radius 1 is 1.25 bits per heavy atom. The highest BCUT2D eigenvalue weighted by atomic mass is 79.9. The molecule has 1 aliphatic heterocycles. The molecular weight excluding hydrogens is 317 g/mol. The fraction of sp³-hybridized carbons (Fsp3) is 0.647. The third-order valence-electron chi connectivity index (χ3n) is 4.48. The molecule has 2 rings (SSSR count). The molecule has 1 heterocycles. The Labute approximate surface area is 130 Å². The molecule has 0 saturated carbocycles. The van der Waals surface area contributed by atoms with Crippen LogP contribution < -0.4 is 4.90 Å². The van der Waals surface area contributed by atoms with Crippen molar-refractivity contribution in [3.63, 3.8) is 0 Å². The Bertz CT molecular complexity index is 453. The molecule has 0 aromatic heterocycles. The summed E-state index contributed by atoms with van der Waals surface area (Å²) in [6.07, 6.45) is 3.74. The van der Waals surface area contributed by atoms with Gasteiger partial charge in [0.2, 0.25) is 0 Å². The van der Waals surface area contributed by atoms with Gasteiger partial charge in [-0.3, -0.25) is 0 Å². The number of anilines is 1. The molecule has 1 unspecified atom stereocenters. The van der Waals surface area contributed by atoms with E-state index in [2.05, 4.69) is 41.6 Å². The molecule has 0 radical (unpaired) electrons. The maximum absolute atomic E-state index is 13.4. The SMILES string of the molecule is CC(C)(C)C1CCCN(c2ccc(F)cc2CBr)CC1. The number of hydrogen-bond acceptors (Lipinski definition) is 1. The van der Waals surface area contributed by atoms with Crippen LogP contribution in [-0.2, 0) is 5.33 Å². The number of alkyl halides is 1. The summed E-state index contributed by atoms with van der Waals surface area (Å²) in [4.78, 5) is 2.43. The van der Waals surface area contributed by atoms with Gasteiger partial charge in [0.25, 0.3) is 0 Å². The number of halogens is 2. The third kappa shape index (κ3) is 3.75. The molecule has 0 aliphatic carbocycles. The topological polar surface area (TPSA) is 3.24 Å². The fourth-order valence-electron chi connectivity index (χ4n) is 3.17. The smallest absolute Gasteiger partial charge is 0.123 e. The quantitative estimate of drug-likeness (QED) is 0.653. The predicted octanol–water partition coefficient (Wildman–Crippen LogP) is 5.37. The van der Waals surface area contributed by atoms with Gasteiger partial charge in [0.1, 0.15) is 5.82 Å². The van der Waals surface area contributed by atoms with E-state index in [1.54, 1.807) is 12.1 Å². The van der Waals surface area contributed by atoms with Gasteiger partial charge in [-0.25, -0.2) is 4.39 Å². The highest BCUT2D eigenvalue weighted by Gasteiger charge is 2.27. The summed E-state index contributed by atoms with van der Waals surface area (Å²) in [6.45, 7) is 9.19. The Morgan fingerprint density at radius 3 is 2.65 bits per heavy atom. The van der Waals surface area contributed by atoms with Crippen molar-refractivity contribution < 1.29 is 4.39 Å². The Kier molecular flexibility index (Phi) is 5.11. The number of benzene rings is 1. The van der Waals surface area contributed by atoms with Crippen molar-refractivity contribution in [3.8, 4) is 0 Å².